The minimum Gasteiger partial charge on any atom is -0.493 e. The highest BCUT2D eigenvalue weighted by Gasteiger charge is 2.15. The van der Waals surface area contributed by atoms with Crippen LogP contribution in [0.1, 0.15) is 26.4 Å². The standard InChI is InChI=1S/C24H24N2O4S/c1-16-6-9-18(10-7-16)23(27)26-20(14-19-5-4-12-31-19)24(28)25-15-17-8-11-21(29-2)22(13-17)30-3/h4-14H,15H2,1-3H3,(H,25,28)(H,26,27)/b20-14-. The van der Waals surface area contributed by atoms with E-state index in [2.05, 4.69) is 10.6 Å². The van der Waals surface area contributed by atoms with Gasteiger partial charge in [-0.05, 0) is 54.3 Å². The average Bonchev–Trinajstić information content (AvgIpc) is 3.30. The fraction of sp³-hybridized carbons (Fsp3) is 0.167. The number of amides is 2. The van der Waals surface area contributed by atoms with Crippen LogP contribution in [0.25, 0.3) is 6.08 Å². The Morgan fingerprint density at radius 1 is 1.00 bits per heavy atom. The van der Waals surface area contributed by atoms with Crippen molar-refractivity contribution in [3.63, 3.8) is 0 Å². The van der Waals surface area contributed by atoms with Gasteiger partial charge in [0, 0.05) is 17.0 Å². The van der Waals surface area contributed by atoms with E-state index in [4.69, 9.17) is 9.47 Å². The second-order valence-electron chi connectivity index (χ2n) is 6.77. The second kappa shape index (κ2) is 10.4. The van der Waals surface area contributed by atoms with Crippen LogP contribution in [0.4, 0.5) is 0 Å². The van der Waals surface area contributed by atoms with Crippen LogP contribution < -0.4 is 20.1 Å². The largest absolute Gasteiger partial charge is 0.493 e. The summed E-state index contributed by atoms with van der Waals surface area (Å²) in [6, 6.07) is 16.4. The summed E-state index contributed by atoms with van der Waals surface area (Å²) in [6.07, 6.45) is 1.67. The number of carbonyl (C=O) groups excluding carboxylic acids is 2. The molecule has 2 aromatic carbocycles. The van der Waals surface area contributed by atoms with Crippen molar-refractivity contribution in [1.82, 2.24) is 10.6 Å². The van der Waals surface area contributed by atoms with Crippen LogP contribution in [0.3, 0.4) is 0 Å². The molecule has 31 heavy (non-hydrogen) atoms. The van der Waals surface area contributed by atoms with Gasteiger partial charge in [-0.2, -0.15) is 0 Å². The molecule has 0 aliphatic rings. The lowest BCUT2D eigenvalue weighted by Crippen LogP contribution is -2.34. The van der Waals surface area contributed by atoms with Gasteiger partial charge in [0.15, 0.2) is 11.5 Å². The van der Waals surface area contributed by atoms with Gasteiger partial charge in [-0.15, -0.1) is 11.3 Å². The summed E-state index contributed by atoms with van der Waals surface area (Å²) in [5.74, 6) is 0.463. The van der Waals surface area contributed by atoms with E-state index in [9.17, 15) is 9.59 Å². The van der Waals surface area contributed by atoms with Gasteiger partial charge < -0.3 is 20.1 Å². The van der Waals surface area contributed by atoms with E-state index in [-0.39, 0.29) is 24.1 Å². The van der Waals surface area contributed by atoms with Gasteiger partial charge >= 0.3 is 0 Å². The van der Waals surface area contributed by atoms with E-state index in [0.29, 0.717) is 17.1 Å². The predicted octanol–water partition coefficient (Wildman–Crippen LogP) is 4.16. The SMILES string of the molecule is COc1ccc(CNC(=O)/C(=C/c2cccs2)NC(=O)c2ccc(C)cc2)cc1OC. The van der Waals surface area contributed by atoms with Crippen LogP contribution in [0, 0.1) is 6.92 Å². The number of aryl methyl sites for hydroxylation is 1. The predicted molar refractivity (Wildman–Crippen MR) is 122 cm³/mol. The number of nitrogens with one attached hydrogen (secondary N) is 2. The summed E-state index contributed by atoms with van der Waals surface area (Å²) >= 11 is 1.48. The first-order valence-corrected chi connectivity index (χ1v) is 10.5. The summed E-state index contributed by atoms with van der Waals surface area (Å²) in [7, 11) is 3.13. The highest BCUT2D eigenvalue weighted by Crippen LogP contribution is 2.27. The molecule has 1 heterocycles. The lowest BCUT2D eigenvalue weighted by Gasteiger charge is -2.13. The van der Waals surface area contributed by atoms with Gasteiger partial charge in [-0.1, -0.05) is 29.8 Å². The Morgan fingerprint density at radius 3 is 2.39 bits per heavy atom. The number of benzene rings is 2. The van der Waals surface area contributed by atoms with Crippen molar-refractivity contribution in [2.24, 2.45) is 0 Å². The number of rotatable bonds is 8. The fourth-order valence-corrected chi connectivity index (χ4v) is 3.50. The number of thiophene rings is 1. The van der Waals surface area contributed by atoms with Crippen LogP contribution in [0.2, 0.25) is 0 Å². The Balaban J connectivity index is 1.75. The van der Waals surface area contributed by atoms with Crippen LogP contribution in [0.15, 0.2) is 65.7 Å². The molecule has 0 radical (unpaired) electrons. The van der Waals surface area contributed by atoms with E-state index in [1.54, 1.807) is 44.6 Å². The van der Waals surface area contributed by atoms with Crippen LogP contribution in [-0.4, -0.2) is 26.0 Å². The van der Waals surface area contributed by atoms with Crippen LogP contribution in [-0.2, 0) is 11.3 Å². The zero-order valence-corrected chi connectivity index (χ0v) is 18.4. The number of methoxy groups -OCH3 is 2. The molecule has 3 aromatic rings. The zero-order chi connectivity index (χ0) is 22.2. The molecule has 0 fully saturated rings. The van der Waals surface area contributed by atoms with Gasteiger partial charge in [0.05, 0.1) is 14.2 Å². The smallest absolute Gasteiger partial charge is 0.268 e. The van der Waals surface area contributed by atoms with Gasteiger partial charge in [-0.25, -0.2) is 0 Å². The number of hydrogen-bond donors (Lipinski definition) is 2. The summed E-state index contributed by atoms with van der Waals surface area (Å²) in [5.41, 5.74) is 2.55. The molecule has 0 aliphatic heterocycles. The molecule has 2 N–H and O–H groups in total. The first-order chi connectivity index (χ1) is 15.0. The molecule has 1 aromatic heterocycles. The Morgan fingerprint density at radius 2 is 1.74 bits per heavy atom. The van der Waals surface area contributed by atoms with Crippen LogP contribution >= 0.6 is 11.3 Å². The Bertz CT molecular complexity index is 1070. The molecule has 0 saturated heterocycles. The third-order valence-electron chi connectivity index (χ3n) is 4.54. The van der Waals surface area contributed by atoms with Crippen molar-refractivity contribution in [1.29, 1.82) is 0 Å². The highest BCUT2D eigenvalue weighted by atomic mass is 32.1. The monoisotopic (exact) mass is 436 g/mol. The lowest BCUT2D eigenvalue weighted by atomic mass is 10.1. The van der Waals surface area contributed by atoms with E-state index in [1.165, 1.54) is 11.3 Å². The first-order valence-electron chi connectivity index (χ1n) is 9.62. The van der Waals surface area contributed by atoms with Crippen LogP contribution in [0.5, 0.6) is 11.5 Å². The van der Waals surface area contributed by atoms with Gasteiger partial charge in [0.25, 0.3) is 11.8 Å². The Labute approximate surface area is 185 Å². The van der Waals surface area contributed by atoms with Gasteiger partial charge in [0.1, 0.15) is 5.70 Å². The van der Waals surface area contributed by atoms with Crippen molar-refractivity contribution in [3.8, 4) is 11.5 Å². The van der Waals surface area contributed by atoms with Crippen molar-refractivity contribution < 1.29 is 19.1 Å². The lowest BCUT2D eigenvalue weighted by molar-refractivity contribution is -0.117. The quantitative estimate of drug-likeness (QED) is 0.520. The number of ether oxygens (including phenoxy) is 2. The van der Waals surface area contributed by atoms with Gasteiger partial charge in [0.2, 0.25) is 0 Å². The molecule has 7 heteroatoms. The average molecular weight is 437 g/mol. The summed E-state index contributed by atoms with van der Waals surface area (Å²) in [4.78, 5) is 26.4. The molecule has 3 rings (SSSR count). The van der Waals surface area contributed by atoms with E-state index < -0.39 is 0 Å². The third kappa shape index (κ3) is 5.96. The normalized spacial score (nSPS) is 11.0. The molecule has 160 valence electrons. The maximum Gasteiger partial charge on any atom is 0.268 e. The summed E-state index contributed by atoms with van der Waals surface area (Å²) in [6.45, 7) is 2.22. The molecule has 2 amide bonds. The third-order valence-corrected chi connectivity index (χ3v) is 5.36. The minimum absolute atomic E-state index is 0.175. The maximum absolute atomic E-state index is 12.9. The molecule has 0 bridgehead atoms. The topological polar surface area (TPSA) is 76.7 Å². The molecule has 6 nitrogen and oxygen atoms in total. The summed E-state index contributed by atoms with van der Waals surface area (Å²) < 4.78 is 10.5. The maximum atomic E-state index is 12.9. The molecular weight excluding hydrogens is 412 g/mol. The molecule has 0 aliphatic carbocycles. The first kappa shape index (κ1) is 22.1. The zero-order valence-electron chi connectivity index (χ0n) is 17.6. The van der Waals surface area contributed by atoms with E-state index in [1.807, 2.05) is 42.6 Å². The molecule has 0 saturated carbocycles. The molecular formula is C24H24N2O4S. The molecule has 0 atom stereocenters. The minimum atomic E-state index is -0.386. The number of carbonyl (C=O) groups is 2. The van der Waals surface area contributed by atoms with Crippen molar-refractivity contribution in [3.05, 3.63) is 87.2 Å². The molecule has 0 unspecified atom stereocenters. The fourth-order valence-electron chi connectivity index (χ4n) is 2.84. The number of hydrogen-bond acceptors (Lipinski definition) is 5. The Kier molecular flexibility index (Phi) is 7.45. The van der Waals surface area contributed by atoms with Crippen molar-refractivity contribution in [2.45, 2.75) is 13.5 Å². The van der Waals surface area contributed by atoms with Crippen molar-refractivity contribution in [2.75, 3.05) is 14.2 Å². The Hall–Kier alpha value is -3.58. The van der Waals surface area contributed by atoms with E-state index >= 15 is 0 Å². The molecule has 0 spiro atoms. The highest BCUT2D eigenvalue weighted by molar-refractivity contribution is 7.10. The second-order valence-corrected chi connectivity index (χ2v) is 7.74. The summed E-state index contributed by atoms with van der Waals surface area (Å²) in [5, 5.41) is 7.50. The van der Waals surface area contributed by atoms with Gasteiger partial charge in [-0.3, -0.25) is 9.59 Å². The van der Waals surface area contributed by atoms with E-state index in [0.717, 1.165) is 16.0 Å². The van der Waals surface area contributed by atoms with Crippen molar-refractivity contribution >= 4 is 29.2 Å².